The average Bonchev–Trinajstić information content (AvgIpc) is 2.68. The number of hydrogen-bond acceptors (Lipinski definition) is 5. The lowest BCUT2D eigenvalue weighted by molar-refractivity contribution is -0.123. The van der Waals surface area contributed by atoms with Gasteiger partial charge in [-0.05, 0) is 61.9 Å². The largest absolute Gasteiger partial charge is 0.484 e. The Kier molecular flexibility index (Phi) is 8.75. The van der Waals surface area contributed by atoms with E-state index in [1.54, 1.807) is 24.3 Å². The molecular weight excluding hydrogens is 448 g/mol. The Hall–Kier alpha value is -2.10. The Morgan fingerprint density at radius 1 is 1.07 bits per heavy atom. The summed E-state index contributed by atoms with van der Waals surface area (Å²) >= 11 is 3.30. The number of rotatable bonds is 11. The van der Waals surface area contributed by atoms with Crippen molar-refractivity contribution in [3.8, 4) is 5.75 Å². The van der Waals surface area contributed by atoms with Gasteiger partial charge in [0.2, 0.25) is 0 Å². The van der Waals surface area contributed by atoms with Crippen LogP contribution in [0.5, 0.6) is 5.75 Å². The summed E-state index contributed by atoms with van der Waals surface area (Å²) in [5.74, 6) is 0.164. The second-order valence-corrected chi connectivity index (χ2v) is 8.37. The van der Waals surface area contributed by atoms with Crippen molar-refractivity contribution >= 4 is 37.5 Å². The average molecular weight is 471 g/mol. The molecule has 0 saturated heterocycles. The van der Waals surface area contributed by atoms with Crippen molar-refractivity contribution in [2.24, 2.45) is 0 Å². The first-order valence-corrected chi connectivity index (χ1v) is 11.0. The van der Waals surface area contributed by atoms with Gasteiger partial charge in [-0.3, -0.25) is 9.52 Å². The zero-order valence-corrected chi connectivity index (χ0v) is 17.9. The third-order valence-corrected chi connectivity index (χ3v) is 5.52. The van der Waals surface area contributed by atoms with E-state index in [0.717, 1.165) is 10.9 Å². The van der Waals surface area contributed by atoms with Crippen LogP contribution in [0.15, 0.2) is 57.9 Å². The smallest absolute Gasteiger partial charge is 0.261 e. The second kappa shape index (κ2) is 11.0. The number of carbonyl (C=O) groups is 1. The van der Waals surface area contributed by atoms with E-state index in [1.807, 2.05) is 6.92 Å². The first kappa shape index (κ1) is 22.2. The van der Waals surface area contributed by atoms with Gasteiger partial charge in [-0.1, -0.05) is 15.9 Å². The standard InChI is InChI=1S/C19H23BrN2O5S/c1-2-26-13-3-12-21-19(23)14-27-17-8-10-18(11-9-17)28(24,25)22-16-6-4-15(20)5-7-16/h4-11,22H,2-3,12-14H2,1H3,(H,21,23). The lowest BCUT2D eigenvalue weighted by Gasteiger charge is -2.10. The highest BCUT2D eigenvalue weighted by Gasteiger charge is 2.14. The molecule has 0 aliphatic carbocycles. The molecule has 2 rings (SSSR count). The summed E-state index contributed by atoms with van der Waals surface area (Å²) in [7, 11) is -3.71. The molecule has 2 aromatic rings. The van der Waals surface area contributed by atoms with Crippen molar-refractivity contribution in [2.75, 3.05) is 31.1 Å². The second-order valence-electron chi connectivity index (χ2n) is 5.77. The van der Waals surface area contributed by atoms with E-state index in [0.29, 0.717) is 31.2 Å². The van der Waals surface area contributed by atoms with Crippen molar-refractivity contribution in [3.05, 3.63) is 53.0 Å². The highest BCUT2D eigenvalue weighted by molar-refractivity contribution is 9.10. The van der Waals surface area contributed by atoms with Crippen LogP contribution < -0.4 is 14.8 Å². The zero-order chi connectivity index (χ0) is 20.4. The third kappa shape index (κ3) is 7.49. The van der Waals surface area contributed by atoms with Crippen LogP contribution in [0.3, 0.4) is 0 Å². The predicted octanol–water partition coefficient (Wildman–Crippen LogP) is 3.17. The number of benzene rings is 2. The number of carbonyl (C=O) groups excluding carboxylic acids is 1. The molecule has 0 saturated carbocycles. The fourth-order valence-electron chi connectivity index (χ4n) is 2.19. The van der Waals surface area contributed by atoms with E-state index in [1.165, 1.54) is 24.3 Å². The molecule has 0 radical (unpaired) electrons. The molecule has 0 bridgehead atoms. The van der Waals surface area contributed by atoms with Crippen LogP contribution in [0.2, 0.25) is 0 Å². The minimum Gasteiger partial charge on any atom is -0.484 e. The van der Waals surface area contributed by atoms with Gasteiger partial charge >= 0.3 is 0 Å². The van der Waals surface area contributed by atoms with Gasteiger partial charge < -0.3 is 14.8 Å². The van der Waals surface area contributed by atoms with E-state index in [2.05, 4.69) is 26.0 Å². The maximum atomic E-state index is 12.4. The molecule has 0 aliphatic rings. The summed E-state index contributed by atoms with van der Waals surface area (Å²) in [6, 6.07) is 12.7. The maximum absolute atomic E-state index is 12.4. The van der Waals surface area contributed by atoms with Crippen LogP contribution in [-0.2, 0) is 19.6 Å². The minimum atomic E-state index is -3.71. The van der Waals surface area contributed by atoms with Crippen molar-refractivity contribution < 1.29 is 22.7 Å². The van der Waals surface area contributed by atoms with Gasteiger partial charge in [0.15, 0.2) is 6.61 Å². The number of hydrogen-bond donors (Lipinski definition) is 2. The molecule has 0 atom stereocenters. The topological polar surface area (TPSA) is 93.7 Å². The fraction of sp³-hybridized carbons (Fsp3) is 0.316. The van der Waals surface area contributed by atoms with Crippen LogP contribution in [0.25, 0.3) is 0 Å². The minimum absolute atomic E-state index is 0.100. The normalized spacial score (nSPS) is 11.1. The molecule has 7 nitrogen and oxygen atoms in total. The van der Waals surface area contributed by atoms with E-state index < -0.39 is 10.0 Å². The van der Waals surface area contributed by atoms with Gasteiger partial charge in [0.25, 0.3) is 15.9 Å². The highest BCUT2D eigenvalue weighted by Crippen LogP contribution is 2.20. The summed E-state index contributed by atoms with van der Waals surface area (Å²) in [6.45, 7) is 3.54. The SMILES string of the molecule is CCOCCCNC(=O)COc1ccc(S(=O)(=O)Nc2ccc(Br)cc2)cc1. The van der Waals surface area contributed by atoms with Gasteiger partial charge in [0.1, 0.15) is 5.75 Å². The van der Waals surface area contributed by atoms with Crippen molar-refractivity contribution in [3.63, 3.8) is 0 Å². The number of ether oxygens (including phenoxy) is 2. The van der Waals surface area contributed by atoms with E-state index in [9.17, 15) is 13.2 Å². The number of sulfonamides is 1. The monoisotopic (exact) mass is 470 g/mol. The van der Waals surface area contributed by atoms with Gasteiger partial charge in [-0.25, -0.2) is 8.42 Å². The van der Waals surface area contributed by atoms with Crippen molar-refractivity contribution in [1.29, 1.82) is 0 Å². The molecule has 0 heterocycles. The summed E-state index contributed by atoms with van der Waals surface area (Å²) in [5.41, 5.74) is 0.463. The van der Waals surface area contributed by atoms with Crippen LogP contribution in [0.1, 0.15) is 13.3 Å². The van der Waals surface area contributed by atoms with E-state index >= 15 is 0 Å². The molecule has 28 heavy (non-hydrogen) atoms. The summed E-state index contributed by atoms with van der Waals surface area (Å²) in [4.78, 5) is 11.8. The van der Waals surface area contributed by atoms with Crippen LogP contribution >= 0.6 is 15.9 Å². The molecule has 9 heteroatoms. The molecule has 2 N–H and O–H groups in total. The van der Waals surface area contributed by atoms with Gasteiger partial charge in [-0.15, -0.1) is 0 Å². The molecule has 0 unspecified atom stereocenters. The van der Waals surface area contributed by atoms with Crippen LogP contribution in [0, 0.1) is 0 Å². The Bertz CT molecular complexity index is 855. The molecule has 0 fully saturated rings. The van der Waals surface area contributed by atoms with Gasteiger partial charge in [0, 0.05) is 29.9 Å². The number of anilines is 1. The lowest BCUT2D eigenvalue weighted by Crippen LogP contribution is -2.30. The van der Waals surface area contributed by atoms with E-state index in [-0.39, 0.29) is 17.4 Å². The first-order chi connectivity index (χ1) is 13.4. The zero-order valence-electron chi connectivity index (χ0n) is 15.5. The molecule has 0 aromatic heterocycles. The molecule has 0 spiro atoms. The number of halogens is 1. The van der Waals surface area contributed by atoms with Gasteiger partial charge in [-0.2, -0.15) is 0 Å². The Balaban J connectivity index is 1.83. The van der Waals surface area contributed by atoms with Crippen LogP contribution in [0.4, 0.5) is 5.69 Å². The van der Waals surface area contributed by atoms with Gasteiger partial charge in [0.05, 0.1) is 4.90 Å². The summed E-state index contributed by atoms with van der Waals surface area (Å²) < 4.78 is 38.8. The Morgan fingerprint density at radius 2 is 1.75 bits per heavy atom. The summed E-state index contributed by atoms with van der Waals surface area (Å²) in [6.07, 6.45) is 0.734. The Morgan fingerprint density at radius 3 is 2.39 bits per heavy atom. The molecule has 2 aromatic carbocycles. The maximum Gasteiger partial charge on any atom is 0.261 e. The first-order valence-electron chi connectivity index (χ1n) is 8.76. The Labute approximate surface area is 173 Å². The van der Waals surface area contributed by atoms with Crippen molar-refractivity contribution in [2.45, 2.75) is 18.2 Å². The fourth-order valence-corrected chi connectivity index (χ4v) is 3.52. The number of amides is 1. The van der Waals surface area contributed by atoms with E-state index in [4.69, 9.17) is 9.47 Å². The molecule has 152 valence electrons. The highest BCUT2D eigenvalue weighted by atomic mass is 79.9. The quantitative estimate of drug-likeness (QED) is 0.491. The lowest BCUT2D eigenvalue weighted by atomic mass is 10.3. The molecule has 1 amide bonds. The predicted molar refractivity (Wildman–Crippen MR) is 111 cm³/mol. The molecule has 0 aliphatic heterocycles. The number of nitrogens with one attached hydrogen (secondary N) is 2. The molecular formula is C19H23BrN2O5S. The van der Waals surface area contributed by atoms with Crippen LogP contribution in [-0.4, -0.2) is 40.7 Å². The third-order valence-electron chi connectivity index (χ3n) is 3.59. The van der Waals surface area contributed by atoms with Crippen molar-refractivity contribution in [1.82, 2.24) is 5.32 Å². The summed E-state index contributed by atoms with van der Waals surface area (Å²) in [5, 5.41) is 2.73.